The lowest BCUT2D eigenvalue weighted by Gasteiger charge is -2.15. The van der Waals surface area contributed by atoms with Gasteiger partial charge in [0.1, 0.15) is 5.75 Å². The predicted molar refractivity (Wildman–Crippen MR) is 118 cm³/mol. The first-order valence-corrected chi connectivity index (χ1v) is 10.4. The molecule has 7 heteroatoms. The number of halogens is 1. The van der Waals surface area contributed by atoms with Crippen molar-refractivity contribution in [1.82, 2.24) is 4.90 Å². The van der Waals surface area contributed by atoms with E-state index in [1.165, 1.54) is 11.8 Å². The SMILES string of the molecule is COCCCN1C(=O)/C(=C/c2cc(Br)ccc2OC)SC1=Nc1ccccc1. The molecule has 1 saturated heterocycles. The summed E-state index contributed by atoms with van der Waals surface area (Å²) in [6.45, 7) is 1.14. The number of carbonyl (C=O) groups excluding carboxylic acids is 1. The molecule has 1 fully saturated rings. The Labute approximate surface area is 177 Å². The van der Waals surface area contributed by atoms with Crippen LogP contribution in [0.3, 0.4) is 0 Å². The number of thioether (sulfide) groups is 1. The number of para-hydroxylation sites is 1. The zero-order valence-corrected chi connectivity index (χ0v) is 18.1. The zero-order chi connectivity index (χ0) is 19.9. The van der Waals surface area contributed by atoms with E-state index in [1.54, 1.807) is 19.1 Å². The lowest BCUT2D eigenvalue weighted by atomic mass is 10.2. The third-order valence-electron chi connectivity index (χ3n) is 4.08. The van der Waals surface area contributed by atoms with E-state index in [1.807, 2.05) is 54.6 Å². The fraction of sp³-hybridized carbons (Fsp3) is 0.238. The van der Waals surface area contributed by atoms with Crippen molar-refractivity contribution in [2.75, 3.05) is 27.4 Å². The topological polar surface area (TPSA) is 51.1 Å². The molecular weight excluding hydrogens is 440 g/mol. The van der Waals surface area contributed by atoms with Crippen LogP contribution in [0.15, 0.2) is 62.9 Å². The van der Waals surface area contributed by atoms with Crippen LogP contribution in [-0.2, 0) is 9.53 Å². The molecule has 0 unspecified atom stereocenters. The van der Waals surface area contributed by atoms with Crippen LogP contribution in [0.2, 0.25) is 0 Å². The van der Waals surface area contributed by atoms with Gasteiger partial charge in [-0.1, -0.05) is 34.1 Å². The standard InChI is InChI=1S/C21H21BrN2O3S/c1-26-12-6-11-24-20(25)19(14-15-13-16(22)9-10-18(15)27-2)28-21(24)23-17-7-4-3-5-8-17/h3-5,7-10,13-14H,6,11-12H2,1-2H3/b19-14-,23-21?. The summed E-state index contributed by atoms with van der Waals surface area (Å²) in [7, 11) is 3.28. The van der Waals surface area contributed by atoms with E-state index in [2.05, 4.69) is 20.9 Å². The quantitative estimate of drug-likeness (QED) is 0.426. The van der Waals surface area contributed by atoms with E-state index in [0.717, 1.165) is 22.1 Å². The molecule has 0 atom stereocenters. The number of amides is 1. The molecule has 28 heavy (non-hydrogen) atoms. The molecule has 146 valence electrons. The fourth-order valence-electron chi connectivity index (χ4n) is 2.73. The van der Waals surface area contributed by atoms with E-state index in [9.17, 15) is 4.79 Å². The van der Waals surface area contributed by atoms with E-state index >= 15 is 0 Å². The molecule has 0 radical (unpaired) electrons. The lowest BCUT2D eigenvalue weighted by molar-refractivity contribution is -0.122. The molecular formula is C21H21BrN2O3S. The van der Waals surface area contributed by atoms with Gasteiger partial charge in [0.2, 0.25) is 0 Å². The van der Waals surface area contributed by atoms with Gasteiger partial charge in [-0.2, -0.15) is 0 Å². The average Bonchev–Trinajstić information content (AvgIpc) is 2.98. The molecule has 2 aromatic rings. The normalized spacial score (nSPS) is 17.0. The van der Waals surface area contributed by atoms with Gasteiger partial charge >= 0.3 is 0 Å². The predicted octanol–water partition coefficient (Wildman–Crippen LogP) is 5.10. The number of ether oxygens (including phenoxy) is 2. The summed E-state index contributed by atoms with van der Waals surface area (Å²) in [4.78, 5) is 20.1. The van der Waals surface area contributed by atoms with Gasteiger partial charge in [-0.15, -0.1) is 0 Å². The van der Waals surface area contributed by atoms with E-state index in [0.29, 0.717) is 29.0 Å². The van der Waals surface area contributed by atoms with Gasteiger partial charge in [0, 0.05) is 30.3 Å². The number of methoxy groups -OCH3 is 2. The molecule has 0 saturated carbocycles. The molecule has 1 aliphatic heterocycles. The summed E-state index contributed by atoms with van der Waals surface area (Å²) >= 11 is 4.85. The summed E-state index contributed by atoms with van der Waals surface area (Å²) in [5, 5.41) is 0.674. The minimum atomic E-state index is -0.0576. The Morgan fingerprint density at radius 2 is 1.96 bits per heavy atom. The first-order valence-electron chi connectivity index (χ1n) is 8.80. The maximum absolute atomic E-state index is 13.1. The highest BCUT2D eigenvalue weighted by Gasteiger charge is 2.33. The van der Waals surface area contributed by atoms with Crippen molar-refractivity contribution in [2.45, 2.75) is 6.42 Å². The Morgan fingerprint density at radius 1 is 1.18 bits per heavy atom. The van der Waals surface area contributed by atoms with Crippen molar-refractivity contribution in [3.63, 3.8) is 0 Å². The Hall–Kier alpha value is -2.09. The summed E-state index contributed by atoms with van der Waals surface area (Å²) in [5.74, 6) is 0.654. The highest BCUT2D eigenvalue weighted by molar-refractivity contribution is 9.10. The van der Waals surface area contributed by atoms with Crippen LogP contribution >= 0.6 is 27.7 Å². The number of carbonyl (C=O) groups is 1. The molecule has 1 heterocycles. The first-order chi connectivity index (χ1) is 13.6. The second-order valence-electron chi connectivity index (χ2n) is 6.03. The van der Waals surface area contributed by atoms with Crippen molar-refractivity contribution < 1.29 is 14.3 Å². The third-order valence-corrected chi connectivity index (χ3v) is 5.58. The molecule has 0 bridgehead atoms. The van der Waals surface area contributed by atoms with Gasteiger partial charge < -0.3 is 9.47 Å². The highest BCUT2D eigenvalue weighted by Crippen LogP contribution is 2.36. The number of aliphatic imine (C=N–C) groups is 1. The maximum atomic E-state index is 13.1. The molecule has 0 aliphatic carbocycles. The second kappa shape index (κ2) is 9.91. The number of amidine groups is 1. The third kappa shape index (κ3) is 5.04. The molecule has 0 spiro atoms. The van der Waals surface area contributed by atoms with Crippen LogP contribution in [0.5, 0.6) is 5.75 Å². The molecule has 0 aromatic heterocycles. The Kier molecular flexibility index (Phi) is 7.30. The number of benzene rings is 2. The molecule has 2 aromatic carbocycles. The van der Waals surface area contributed by atoms with Crippen molar-refractivity contribution in [1.29, 1.82) is 0 Å². The summed E-state index contributed by atoms with van der Waals surface area (Å²) in [5.41, 5.74) is 1.65. The number of hydrogen-bond donors (Lipinski definition) is 0. The summed E-state index contributed by atoms with van der Waals surface area (Å²) in [6.07, 6.45) is 2.59. The maximum Gasteiger partial charge on any atom is 0.266 e. The number of nitrogens with zero attached hydrogens (tertiary/aromatic N) is 2. The van der Waals surface area contributed by atoms with Gasteiger partial charge in [0.15, 0.2) is 5.17 Å². The van der Waals surface area contributed by atoms with Crippen LogP contribution in [0.25, 0.3) is 6.08 Å². The summed E-state index contributed by atoms with van der Waals surface area (Å²) < 4.78 is 11.5. The van der Waals surface area contributed by atoms with Crippen LogP contribution < -0.4 is 4.74 Å². The van der Waals surface area contributed by atoms with Crippen LogP contribution in [0.1, 0.15) is 12.0 Å². The average molecular weight is 461 g/mol. The number of rotatable bonds is 7. The zero-order valence-electron chi connectivity index (χ0n) is 15.7. The van der Waals surface area contributed by atoms with Gasteiger partial charge in [-0.05, 0) is 54.6 Å². The van der Waals surface area contributed by atoms with Crippen molar-refractivity contribution in [3.8, 4) is 5.75 Å². The van der Waals surface area contributed by atoms with E-state index < -0.39 is 0 Å². The van der Waals surface area contributed by atoms with Crippen LogP contribution in [0.4, 0.5) is 5.69 Å². The smallest absolute Gasteiger partial charge is 0.266 e. The Morgan fingerprint density at radius 3 is 2.68 bits per heavy atom. The second-order valence-corrected chi connectivity index (χ2v) is 7.95. The highest BCUT2D eigenvalue weighted by atomic mass is 79.9. The van der Waals surface area contributed by atoms with Crippen molar-refractivity contribution in [2.24, 2.45) is 4.99 Å². The molecule has 1 amide bonds. The largest absolute Gasteiger partial charge is 0.496 e. The summed E-state index contributed by atoms with van der Waals surface area (Å²) in [6, 6.07) is 15.4. The Balaban J connectivity index is 1.94. The molecule has 3 rings (SSSR count). The lowest BCUT2D eigenvalue weighted by Crippen LogP contribution is -2.30. The van der Waals surface area contributed by atoms with Gasteiger partial charge in [0.05, 0.1) is 17.7 Å². The van der Waals surface area contributed by atoms with Crippen molar-refractivity contribution in [3.05, 3.63) is 63.5 Å². The van der Waals surface area contributed by atoms with Crippen LogP contribution in [0, 0.1) is 0 Å². The van der Waals surface area contributed by atoms with Crippen molar-refractivity contribution >= 4 is 50.5 Å². The van der Waals surface area contributed by atoms with Gasteiger partial charge in [-0.3, -0.25) is 9.69 Å². The Bertz CT molecular complexity index is 900. The molecule has 5 nitrogen and oxygen atoms in total. The molecule has 1 aliphatic rings. The first kappa shape index (κ1) is 20.6. The minimum absolute atomic E-state index is 0.0576. The monoisotopic (exact) mass is 460 g/mol. The minimum Gasteiger partial charge on any atom is -0.496 e. The van der Waals surface area contributed by atoms with Gasteiger partial charge in [0.25, 0.3) is 5.91 Å². The number of hydrogen-bond acceptors (Lipinski definition) is 5. The van der Waals surface area contributed by atoms with Crippen LogP contribution in [-0.4, -0.2) is 43.3 Å². The van der Waals surface area contributed by atoms with E-state index in [-0.39, 0.29) is 5.91 Å². The fourth-order valence-corrected chi connectivity index (χ4v) is 4.12. The van der Waals surface area contributed by atoms with Gasteiger partial charge in [-0.25, -0.2) is 4.99 Å². The molecule has 0 N–H and O–H groups in total. The van der Waals surface area contributed by atoms with E-state index in [4.69, 9.17) is 9.47 Å².